The average molecular weight is 290 g/mol. The van der Waals surface area contributed by atoms with Crippen molar-refractivity contribution in [2.45, 2.75) is 6.04 Å². The lowest BCUT2D eigenvalue weighted by Gasteiger charge is -2.29. The van der Waals surface area contributed by atoms with E-state index in [4.69, 9.17) is 11.6 Å². The number of nitrogens with zero attached hydrogens (tertiary/aromatic N) is 1. The first-order valence-electron chi connectivity index (χ1n) is 5.56. The van der Waals surface area contributed by atoms with Crippen LogP contribution in [-0.4, -0.2) is 44.0 Å². The number of nitrogens with one attached hydrogen (secondary N) is 2. The lowest BCUT2D eigenvalue weighted by atomic mass is 10.1. The van der Waals surface area contributed by atoms with Gasteiger partial charge in [-0.25, -0.2) is 0 Å². The Kier molecular flexibility index (Phi) is 5.26. The maximum absolute atomic E-state index is 11.8. The highest BCUT2D eigenvalue weighted by Gasteiger charge is 2.17. The molecule has 1 aliphatic rings. The van der Waals surface area contributed by atoms with Gasteiger partial charge in [0.25, 0.3) is 5.91 Å². The van der Waals surface area contributed by atoms with Gasteiger partial charge in [0.15, 0.2) is 0 Å². The molecule has 6 heteroatoms. The molecule has 1 saturated heterocycles. The molecular weight excluding hydrogens is 273 g/mol. The minimum atomic E-state index is -0.0770. The number of amides is 1. The minimum Gasteiger partial charge on any atom is -0.380 e. The van der Waals surface area contributed by atoms with Gasteiger partial charge >= 0.3 is 0 Å². The molecule has 0 aliphatic carbocycles. The first kappa shape index (κ1) is 15.1. The molecule has 0 atom stereocenters. The van der Waals surface area contributed by atoms with Gasteiger partial charge in [0, 0.05) is 32.9 Å². The standard InChI is InChI=1S/C12H16ClN3O.ClH/c1-16(2)12(17)10-4-3-8(5-11(10)13)15-9-6-14-7-9;/h3-5,9,14-15H,6-7H2,1-2H3;1H. The van der Waals surface area contributed by atoms with Crippen LogP contribution in [0.1, 0.15) is 10.4 Å². The van der Waals surface area contributed by atoms with Crippen molar-refractivity contribution >= 4 is 35.6 Å². The van der Waals surface area contributed by atoms with E-state index in [-0.39, 0.29) is 18.3 Å². The van der Waals surface area contributed by atoms with E-state index < -0.39 is 0 Å². The fourth-order valence-corrected chi connectivity index (χ4v) is 1.91. The maximum Gasteiger partial charge on any atom is 0.254 e. The highest BCUT2D eigenvalue weighted by molar-refractivity contribution is 6.34. The Morgan fingerprint density at radius 2 is 2.11 bits per heavy atom. The van der Waals surface area contributed by atoms with Gasteiger partial charge < -0.3 is 15.5 Å². The Labute approximate surface area is 118 Å². The van der Waals surface area contributed by atoms with Crippen molar-refractivity contribution in [3.05, 3.63) is 28.8 Å². The highest BCUT2D eigenvalue weighted by atomic mass is 35.5. The quantitative estimate of drug-likeness (QED) is 0.893. The average Bonchev–Trinajstić information content (AvgIpc) is 2.22. The topological polar surface area (TPSA) is 44.4 Å². The fraction of sp³-hybridized carbons (Fsp3) is 0.417. The van der Waals surface area contributed by atoms with Gasteiger partial charge in [-0.15, -0.1) is 12.4 Å². The summed E-state index contributed by atoms with van der Waals surface area (Å²) in [5.41, 5.74) is 1.49. The van der Waals surface area contributed by atoms with Crippen LogP contribution >= 0.6 is 24.0 Å². The summed E-state index contributed by atoms with van der Waals surface area (Å²) >= 11 is 6.11. The van der Waals surface area contributed by atoms with Crippen molar-refractivity contribution in [2.75, 3.05) is 32.5 Å². The van der Waals surface area contributed by atoms with E-state index in [0.717, 1.165) is 18.8 Å². The molecule has 0 spiro atoms. The molecule has 2 N–H and O–H groups in total. The first-order chi connectivity index (χ1) is 8.08. The van der Waals surface area contributed by atoms with Crippen LogP contribution in [0.15, 0.2) is 18.2 Å². The number of hydrogen-bond acceptors (Lipinski definition) is 3. The highest BCUT2D eigenvalue weighted by Crippen LogP contribution is 2.22. The van der Waals surface area contributed by atoms with Crippen molar-refractivity contribution in [3.8, 4) is 0 Å². The van der Waals surface area contributed by atoms with Gasteiger partial charge in [0.2, 0.25) is 0 Å². The molecule has 100 valence electrons. The molecule has 1 heterocycles. The Bertz CT molecular complexity index is 433. The summed E-state index contributed by atoms with van der Waals surface area (Å²) in [5.74, 6) is -0.0770. The van der Waals surface area contributed by atoms with Crippen molar-refractivity contribution in [3.63, 3.8) is 0 Å². The SMILES string of the molecule is CN(C)C(=O)c1ccc(NC2CNC2)cc1Cl.Cl. The van der Waals surface area contributed by atoms with E-state index in [1.54, 1.807) is 26.2 Å². The number of halogens is 2. The number of carbonyl (C=O) groups is 1. The van der Waals surface area contributed by atoms with Crippen LogP contribution in [0.4, 0.5) is 5.69 Å². The van der Waals surface area contributed by atoms with Crippen LogP contribution < -0.4 is 10.6 Å². The predicted octanol–water partition coefficient (Wildman–Crippen LogP) is 1.85. The van der Waals surface area contributed by atoms with Gasteiger partial charge in [-0.1, -0.05) is 11.6 Å². The molecule has 0 aromatic heterocycles. The lowest BCUT2D eigenvalue weighted by Crippen LogP contribution is -2.51. The second kappa shape index (κ2) is 6.27. The molecule has 4 nitrogen and oxygen atoms in total. The smallest absolute Gasteiger partial charge is 0.254 e. The van der Waals surface area contributed by atoms with Crippen molar-refractivity contribution in [1.29, 1.82) is 0 Å². The number of hydrogen-bond donors (Lipinski definition) is 2. The van der Waals surface area contributed by atoms with Gasteiger partial charge in [0.1, 0.15) is 0 Å². The summed E-state index contributed by atoms with van der Waals surface area (Å²) in [6.45, 7) is 1.94. The lowest BCUT2D eigenvalue weighted by molar-refractivity contribution is 0.0828. The summed E-state index contributed by atoms with van der Waals surface area (Å²) < 4.78 is 0. The second-order valence-corrected chi connectivity index (χ2v) is 4.80. The number of carbonyl (C=O) groups excluding carboxylic acids is 1. The third-order valence-corrected chi connectivity index (χ3v) is 3.07. The third-order valence-electron chi connectivity index (χ3n) is 2.76. The van der Waals surface area contributed by atoms with Crippen molar-refractivity contribution in [2.24, 2.45) is 0 Å². The minimum absolute atomic E-state index is 0. The van der Waals surface area contributed by atoms with Crippen LogP contribution in [0.3, 0.4) is 0 Å². The van der Waals surface area contributed by atoms with E-state index in [9.17, 15) is 4.79 Å². The molecular formula is C12H17Cl2N3O. The fourth-order valence-electron chi connectivity index (χ4n) is 1.65. The summed E-state index contributed by atoms with van der Waals surface area (Å²) in [7, 11) is 3.43. The normalized spacial score (nSPS) is 14.4. The second-order valence-electron chi connectivity index (χ2n) is 4.39. The molecule has 18 heavy (non-hydrogen) atoms. The summed E-state index contributed by atoms with van der Waals surface area (Å²) in [6.07, 6.45) is 0. The Morgan fingerprint density at radius 1 is 1.44 bits per heavy atom. The van der Waals surface area contributed by atoms with E-state index in [1.807, 2.05) is 6.07 Å². The number of anilines is 1. The molecule has 1 aromatic rings. The Hall–Kier alpha value is -0.970. The van der Waals surface area contributed by atoms with Crippen molar-refractivity contribution in [1.82, 2.24) is 10.2 Å². The van der Waals surface area contributed by atoms with E-state index in [0.29, 0.717) is 16.6 Å². The van der Waals surface area contributed by atoms with Crippen LogP contribution in [0.25, 0.3) is 0 Å². The molecule has 1 aliphatic heterocycles. The predicted molar refractivity (Wildman–Crippen MR) is 77.0 cm³/mol. The molecule has 1 fully saturated rings. The largest absolute Gasteiger partial charge is 0.380 e. The van der Waals surface area contributed by atoms with Crippen LogP contribution in [-0.2, 0) is 0 Å². The first-order valence-corrected chi connectivity index (χ1v) is 5.94. The molecule has 1 aromatic carbocycles. The molecule has 2 rings (SSSR count). The zero-order valence-corrected chi connectivity index (χ0v) is 11.9. The van der Waals surface area contributed by atoms with Gasteiger partial charge in [-0.2, -0.15) is 0 Å². The van der Waals surface area contributed by atoms with Gasteiger partial charge in [0.05, 0.1) is 16.6 Å². The summed E-state index contributed by atoms with van der Waals surface area (Å²) in [6, 6.07) is 5.91. The molecule has 1 amide bonds. The van der Waals surface area contributed by atoms with Crippen LogP contribution in [0.5, 0.6) is 0 Å². The van der Waals surface area contributed by atoms with Gasteiger partial charge in [-0.3, -0.25) is 4.79 Å². The molecule has 0 unspecified atom stereocenters. The summed E-state index contributed by atoms with van der Waals surface area (Å²) in [4.78, 5) is 13.3. The van der Waals surface area contributed by atoms with Crippen LogP contribution in [0.2, 0.25) is 5.02 Å². The summed E-state index contributed by atoms with van der Waals surface area (Å²) in [5, 5.41) is 7.01. The molecule has 0 bridgehead atoms. The maximum atomic E-state index is 11.8. The number of benzene rings is 1. The zero-order chi connectivity index (χ0) is 12.4. The van der Waals surface area contributed by atoms with E-state index in [2.05, 4.69) is 10.6 Å². The van der Waals surface area contributed by atoms with Gasteiger partial charge in [-0.05, 0) is 18.2 Å². The molecule has 0 radical (unpaired) electrons. The van der Waals surface area contributed by atoms with E-state index in [1.165, 1.54) is 4.90 Å². The van der Waals surface area contributed by atoms with Crippen molar-refractivity contribution < 1.29 is 4.79 Å². The van der Waals surface area contributed by atoms with Crippen LogP contribution in [0, 0.1) is 0 Å². The zero-order valence-electron chi connectivity index (χ0n) is 10.4. The monoisotopic (exact) mass is 289 g/mol. The Morgan fingerprint density at radius 3 is 2.56 bits per heavy atom. The third kappa shape index (κ3) is 3.28. The van der Waals surface area contributed by atoms with E-state index >= 15 is 0 Å². The molecule has 0 saturated carbocycles. The number of rotatable bonds is 3. The Balaban J connectivity index is 0.00000162.